The second-order valence-corrected chi connectivity index (χ2v) is 11.4. The van der Waals surface area contributed by atoms with Gasteiger partial charge in [0.25, 0.3) is 0 Å². The van der Waals surface area contributed by atoms with Gasteiger partial charge in [-0.2, -0.15) is 0 Å². The van der Waals surface area contributed by atoms with Crippen molar-refractivity contribution in [1.29, 1.82) is 0 Å². The molecule has 29 heavy (non-hydrogen) atoms. The molecule has 0 unspecified atom stereocenters. The third kappa shape index (κ3) is 4.89. The number of rotatable bonds is 6. The van der Waals surface area contributed by atoms with E-state index in [2.05, 4.69) is 131 Å². The van der Waals surface area contributed by atoms with Gasteiger partial charge in [-0.3, -0.25) is 0 Å². The minimum absolute atomic E-state index is 0. The van der Waals surface area contributed by atoms with Gasteiger partial charge in [0.15, 0.2) is 0 Å². The van der Waals surface area contributed by atoms with Crippen molar-refractivity contribution in [3.63, 3.8) is 0 Å². The molecule has 0 aliphatic carbocycles. The molecule has 0 nitrogen and oxygen atoms in total. The van der Waals surface area contributed by atoms with Crippen LogP contribution in [0.3, 0.4) is 0 Å². The molecule has 0 aliphatic rings. The van der Waals surface area contributed by atoms with E-state index in [0.29, 0.717) is 0 Å². The first-order chi connectivity index (χ1) is 13.8. The Labute approximate surface area is 193 Å². The number of aryl methyl sites for hydroxylation is 1. The fourth-order valence-electron chi connectivity index (χ4n) is 3.83. The molecule has 4 aromatic rings. The van der Waals surface area contributed by atoms with Gasteiger partial charge in [0.05, 0.1) is 6.16 Å². The molecule has 0 fully saturated rings. The Morgan fingerprint density at radius 1 is 0.517 bits per heavy atom. The van der Waals surface area contributed by atoms with Crippen LogP contribution in [0.1, 0.15) is 5.56 Å². The highest BCUT2D eigenvalue weighted by atomic mass is 79.9. The first kappa shape index (κ1) is 22.0. The first-order valence-electron chi connectivity index (χ1n) is 9.58. The number of hydrogen-bond donors (Lipinski definition) is 0. The third-order valence-corrected chi connectivity index (χ3v) is 10.2. The van der Waals surface area contributed by atoms with Crippen LogP contribution in [0.2, 0.25) is 0 Å². The molecule has 3 heteroatoms. The lowest BCUT2D eigenvalue weighted by atomic mass is 10.2. The summed E-state index contributed by atoms with van der Waals surface area (Å²) in [6.07, 6.45) is 2.17. The van der Waals surface area contributed by atoms with Gasteiger partial charge >= 0.3 is 0 Å². The minimum atomic E-state index is -1.74. The molecule has 0 amide bonds. The maximum Gasteiger partial charge on any atom is 0.112 e. The highest BCUT2D eigenvalue weighted by Gasteiger charge is 2.44. The average molecular weight is 526 g/mol. The zero-order chi connectivity index (χ0) is 19.2. The smallest absolute Gasteiger partial charge is 0.112 e. The van der Waals surface area contributed by atoms with Crippen LogP contribution in [-0.4, -0.2) is 6.16 Å². The van der Waals surface area contributed by atoms with Crippen molar-refractivity contribution < 1.29 is 17.0 Å². The molecule has 0 spiro atoms. The summed E-state index contributed by atoms with van der Waals surface area (Å²) in [5, 5.41) is 4.35. The first-order valence-corrected chi connectivity index (χ1v) is 12.4. The van der Waals surface area contributed by atoms with Crippen LogP contribution >= 0.6 is 23.2 Å². The molecule has 0 atom stereocenters. The van der Waals surface area contributed by atoms with Crippen molar-refractivity contribution in [2.45, 2.75) is 6.42 Å². The van der Waals surface area contributed by atoms with Crippen molar-refractivity contribution in [3.05, 3.63) is 125 Å². The van der Waals surface area contributed by atoms with Crippen LogP contribution < -0.4 is 32.9 Å². The third-order valence-electron chi connectivity index (χ3n) is 5.24. The maximum atomic E-state index is 3.55. The number of benzene rings is 4. The average Bonchev–Trinajstić information content (AvgIpc) is 2.78. The summed E-state index contributed by atoms with van der Waals surface area (Å²) in [6, 6.07) is 42.0. The summed E-state index contributed by atoms with van der Waals surface area (Å²) in [7, 11) is -1.74. The molecular formula is C26H23Br2P. The van der Waals surface area contributed by atoms with Crippen LogP contribution in [0.5, 0.6) is 0 Å². The summed E-state index contributed by atoms with van der Waals surface area (Å²) >= 11 is 3.55. The Balaban J connectivity index is 0.00000240. The number of halogens is 2. The Bertz CT molecular complexity index is 904. The predicted octanol–water partition coefficient (Wildman–Crippen LogP) is 2.99. The van der Waals surface area contributed by atoms with E-state index >= 15 is 0 Å². The lowest BCUT2D eigenvalue weighted by Gasteiger charge is -2.27. The number of hydrogen-bond acceptors (Lipinski definition) is 0. The van der Waals surface area contributed by atoms with E-state index in [1.54, 1.807) is 0 Å². The molecule has 0 heterocycles. The van der Waals surface area contributed by atoms with E-state index in [9.17, 15) is 0 Å². The molecule has 146 valence electrons. The Morgan fingerprint density at radius 3 is 1.28 bits per heavy atom. The molecule has 0 saturated heterocycles. The van der Waals surface area contributed by atoms with Gasteiger partial charge in [-0.05, 0) is 54.1 Å². The van der Waals surface area contributed by atoms with Crippen LogP contribution in [0, 0.1) is 0 Å². The van der Waals surface area contributed by atoms with Crippen LogP contribution in [0.15, 0.2) is 120 Å². The van der Waals surface area contributed by atoms with Gasteiger partial charge in [0.1, 0.15) is 23.2 Å². The normalized spacial score (nSPS) is 10.9. The minimum Gasteiger partial charge on any atom is -1.00 e. The highest BCUT2D eigenvalue weighted by Crippen LogP contribution is 2.55. The van der Waals surface area contributed by atoms with E-state index < -0.39 is 7.26 Å². The molecule has 0 aliphatic heterocycles. The summed E-state index contributed by atoms with van der Waals surface area (Å²) in [5.74, 6) is 0. The molecule has 0 saturated carbocycles. The molecule has 0 bridgehead atoms. The summed E-state index contributed by atoms with van der Waals surface area (Å²) in [4.78, 5) is 0. The Morgan fingerprint density at radius 2 is 0.897 bits per heavy atom. The largest absolute Gasteiger partial charge is 1.00 e. The maximum absolute atomic E-state index is 3.55. The SMILES string of the molecule is Brc1ccc(CC[P+](c2ccccc2)(c2ccccc2)c2ccccc2)cc1.[Br-]. The van der Waals surface area contributed by atoms with Crippen molar-refractivity contribution >= 4 is 39.1 Å². The standard InChI is InChI=1S/C26H23BrP.BrH/c27-23-18-16-22(17-19-23)20-21-28(24-10-4-1-5-11-24,25-12-6-2-7-13-25)26-14-8-3-9-15-26;/h1-19H,20-21H2;1H/q+1;/p-1. The van der Waals surface area contributed by atoms with E-state index in [1.165, 1.54) is 21.5 Å². The quantitative estimate of drug-likeness (QED) is 0.339. The van der Waals surface area contributed by atoms with Crippen molar-refractivity contribution in [2.75, 3.05) is 6.16 Å². The van der Waals surface area contributed by atoms with E-state index in [4.69, 9.17) is 0 Å². The zero-order valence-electron chi connectivity index (χ0n) is 16.1. The summed E-state index contributed by atoms with van der Waals surface area (Å²) in [5.41, 5.74) is 1.38. The lowest BCUT2D eigenvalue weighted by Crippen LogP contribution is -3.00. The highest BCUT2D eigenvalue weighted by molar-refractivity contribution is 9.10. The van der Waals surface area contributed by atoms with Crippen LogP contribution in [0.25, 0.3) is 0 Å². The molecule has 4 aromatic carbocycles. The van der Waals surface area contributed by atoms with Crippen molar-refractivity contribution in [2.24, 2.45) is 0 Å². The van der Waals surface area contributed by atoms with Gasteiger partial charge in [0.2, 0.25) is 0 Å². The van der Waals surface area contributed by atoms with Crippen molar-refractivity contribution in [3.8, 4) is 0 Å². The van der Waals surface area contributed by atoms with Gasteiger partial charge in [-0.1, -0.05) is 82.7 Å². The van der Waals surface area contributed by atoms with Crippen molar-refractivity contribution in [1.82, 2.24) is 0 Å². The van der Waals surface area contributed by atoms with E-state index in [1.807, 2.05) is 0 Å². The summed E-state index contributed by atoms with van der Waals surface area (Å²) < 4.78 is 1.13. The second kappa shape index (κ2) is 10.3. The molecule has 0 aromatic heterocycles. The predicted molar refractivity (Wildman–Crippen MR) is 128 cm³/mol. The topological polar surface area (TPSA) is 0 Å². The second-order valence-electron chi connectivity index (χ2n) is 6.92. The van der Waals surface area contributed by atoms with E-state index in [0.717, 1.165) is 17.1 Å². The van der Waals surface area contributed by atoms with Gasteiger partial charge < -0.3 is 17.0 Å². The van der Waals surface area contributed by atoms with Crippen LogP contribution in [-0.2, 0) is 6.42 Å². The molecule has 0 radical (unpaired) electrons. The Kier molecular flexibility index (Phi) is 7.84. The summed E-state index contributed by atoms with van der Waals surface area (Å²) in [6.45, 7) is 0. The zero-order valence-corrected chi connectivity index (χ0v) is 20.2. The molecule has 4 rings (SSSR count). The van der Waals surface area contributed by atoms with Gasteiger partial charge in [-0.25, -0.2) is 0 Å². The monoisotopic (exact) mass is 524 g/mol. The molecular weight excluding hydrogens is 503 g/mol. The Hall–Kier alpha value is -1.73. The molecule has 0 N–H and O–H groups in total. The fraction of sp³-hybridized carbons (Fsp3) is 0.0769. The van der Waals surface area contributed by atoms with Crippen LogP contribution in [0.4, 0.5) is 0 Å². The van der Waals surface area contributed by atoms with Gasteiger partial charge in [-0.15, -0.1) is 0 Å². The van der Waals surface area contributed by atoms with E-state index in [-0.39, 0.29) is 17.0 Å². The van der Waals surface area contributed by atoms with Gasteiger partial charge in [0, 0.05) is 10.9 Å². The fourth-order valence-corrected chi connectivity index (χ4v) is 8.40. The lowest BCUT2D eigenvalue weighted by molar-refractivity contribution is -0.00000528.